The van der Waals surface area contributed by atoms with E-state index >= 15 is 0 Å². The summed E-state index contributed by atoms with van der Waals surface area (Å²) >= 11 is 3.21. The Hall–Kier alpha value is -2.08. The first-order valence-corrected chi connectivity index (χ1v) is 7.28. The molecule has 2 rings (SSSR count). The fourth-order valence-corrected chi connectivity index (χ4v) is 2.02. The highest BCUT2D eigenvalue weighted by molar-refractivity contribution is 9.10. The lowest BCUT2D eigenvalue weighted by Gasteiger charge is -2.10. The summed E-state index contributed by atoms with van der Waals surface area (Å²) in [6, 6.07) is 8.81. The van der Waals surface area contributed by atoms with Crippen LogP contribution >= 0.6 is 15.9 Å². The summed E-state index contributed by atoms with van der Waals surface area (Å²) in [7, 11) is 0. The molecule has 0 radical (unpaired) electrons. The van der Waals surface area contributed by atoms with Gasteiger partial charge in [-0.15, -0.1) is 0 Å². The second-order valence-electron chi connectivity index (χ2n) is 4.35. The van der Waals surface area contributed by atoms with Crippen molar-refractivity contribution in [2.24, 2.45) is 0 Å². The fourth-order valence-electron chi connectivity index (χ4n) is 1.69. The lowest BCUT2D eigenvalue weighted by Crippen LogP contribution is -2.05. The van der Waals surface area contributed by atoms with Gasteiger partial charge in [0, 0.05) is 16.4 Å². The van der Waals surface area contributed by atoms with Crippen molar-refractivity contribution < 1.29 is 14.6 Å². The van der Waals surface area contributed by atoms with Crippen LogP contribution < -0.4 is 10.1 Å². The Morgan fingerprint density at radius 2 is 2.10 bits per heavy atom. The van der Waals surface area contributed by atoms with Crippen LogP contribution in [0, 0.1) is 0 Å². The van der Waals surface area contributed by atoms with E-state index in [9.17, 15) is 9.90 Å². The van der Waals surface area contributed by atoms with Gasteiger partial charge in [0.25, 0.3) is 0 Å². The molecular formula is C15H15BrN2O3. The van der Waals surface area contributed by atoms with Crippen molar-refractivity contribution in [3.8, 4) is 5.75 Å². The van der Waals surface area contributed by atoms with Gasteiger partial charge >= 0.3 is 5.97 Å². The number of nitrogens with one attached hydrogen (secondary N) is 1. The largest absolute Gasteiger partial charge is 0.494 e. The summed E-state index contributed by atoms with van der Waals surface area (Å²) in [6.07, 6.45) is 2.50. The number of rotatable bonds is 6. The monoisotopic (exact) mass is 350 g/mol. The maximum Gasteiger partial charge on any atom is 0.339 e. The molecule has 1 aromatic carbocycles. The Balaban J connectivity index is 2.16. The molecule has 2 aromatic rings. The summed E-state index contributed by atoms with van der Waals surface area (Å²) in [6.45, 7) is 2.72. The number of nitrogens with zero attached hydrogens (tertiary/aromatic N) is 1. The molecule has 1 heterocycles. The molecule has 0 spiro atoms. The van der Waals surface area contributed by atoms with Gasteiger partial charge in [0.2, 0.25) is 0 Å². The van der Waals surface area contributed by atoms with E-state index in [2.05, 4.69) is 26.2 Å². The Labute approximate surface area is 131 Å². The summed E-state index contributed by atoms with van der Waals surface area (Å²) in [4.78, 5) is 15.3. The highest BCUT2D eigenvalue weighted by Crippen LogP contribution is 2.23. The predicted molar refractivity (Wildman–Crippen MR) is 84.4 cm³/mol. The number of hydrogen-bond donors (Lipinski definition) is 2. The average Bonchev–Trinajstić information content (AvgIpc) is 2.48. The molecule has 1 aromatic heterocycles. The predicted octanol–water partition coefficient (Wildman–Crippen LogP) is 4.07. The Bertz CT molecular complexity index is 629. The molecule has 5 nitrogen and oxygen atoms in total. The third-order valence-corrected chi connectivity index (χ3v) is 3.11. The molecule has 6 heteroatoms. The molecule has 0 atom stereocenters. The SMILES string of the molecule is CCCOc1ccc(Nc2ncc(Br)cc2C(=O)O)cc1. The van der Waals surface area contributed by atoms with Gasteiger partial charge < -0.3 is 15.2 Å². The van der Waals surface area contributed by atoms with E-state index in [0.29, 0.717) is 16.9 Å². The minimum atomic E-state index is -1.03. The molecule has 0 aliphatic rings. The van der Waals surface area contributed by atoms with Gasteiger partial charge in [0.1, 0.15) is 17.1 Å². The van der Waals surface area contributed by atoms with E-state index in [1.807, 2.05) is 31.2 Å². The minimum absolute atomic E-state index is 0.107. The van der Waals surface area contributed by atoms with Gasteiger partial charge in [0.15, 0.2) is 0 Å². The van der Waals surface area contributed by atoms with Crippen LogP contribution in [0.2, 0.25) is 0 Å². The maximum absolute atomic E-state index is 11.2. The number of anilines is 2. The smallest absolute Gasteiger partial charge is 0.339 e. The summed E-state index contributed by atoms with van der Waals surface area (Å²) in [5, 5.41) is 12.2. The maximum atomic E-state index is 11.2. The summed E-state index contributed by atoms with van der Waals surface area (Å²) in [5.74, 6) is 0.0479. The van der Waals surface area contributed by atoms with Gasteiger partial charge in [-0.3, -0.25) is 0 Å². The average molecular weight is 351 g/mol. The highest BCUT2D eigenvalue weighted by Gasteiger charge is 2.12. The number of carboxylic acid groups (broad SMARTS) is 1. The zero-order valence-corrected chi connectivity index (χ0v) is 13.1. The number of pyridine rings is 1. The van der Waals surface area contributed by atoms with Crippen molar-refractivity contribution in [3.05, 3.63) is 46.6 Å². The van der Waals surface area contributed by atoms with Crippen molar-refractivity contribution in [1.82, 2.24) is 4.98 Å². The number of halogens is 1. The van der Waals surface area contributed by atoms with E-state index in [0.717, 1.165) is 17.9 Å². The second kappa shape index (κ2) is 7.08. The van der Waals surface area contributed by atoms with Gasteiger partial charge in [-0.25, -0.2) is 9.78 Å². The van der Waals surface area contributed by atoms with E-state index in [4.69, 9.17) is 4.74 Å². The van der Waals surface area contributed by atoms with Crippen LogP contribution in [0.4, 0.5) is 11.5 Å². The lowest BCUT2D eigenvalue weighted by molar-refractivity contribution is 0.0697. The first-order chi connectivity index (χ1) is 10.1. The molecule has 21 heavy (non-hydrogen) atoms. The van der Waals surface area contributed by atoms with Gasteiger partial charge in [-0.05, 0) is 52.7 Å². The quantitative estimate of drug-likeness (QED) is 0.821. The summed E-state index contributed by atoms with van der Waals surface area (Å²) in [5.41, 5.74) is 0.854. The topological polar surface area (TPSA) is 71.5 Å². The van der Waals surface area contributed by atoms with Crippen molar-refractivity contribution in [2.75, 3.05) is 11.9 Å². The molecule has 0 amide bonds. The molecule has 0 saturated heterocycles. The summed E-state index contributed by atoms with van der Waals surface area (Å²) < 4.78 is 6.11. The molecule has 0 aliphatic heterocycles. The van der Waals surface area contributed by atoms with E-state index < -0.39 is 5.97 Å². The van der Waals surface area contributed by atoms with Crippen LogP contribution in [0.15, 0.2) is 41.0 Å². The molecule has 2 N–H and O–H groups in total. The normalized spacial score (nSPS) is 10.2. The standard InChI is InChI=1S/C15H15BrN2O3/c1-2-7-21-12-5-3-11(4-6-12)18-14-13(15(19)20)8-10(16)9-17-14/h3-6,8-9H,2,7H2,1H3,(H,17,18)(H,19,20). The molecule has 0 bridgehead atoms. The third kappa shape index (κ3) is 4.19. The molecule has 110 valence electrons. The van der Waals surface area contributed by atoms with E-state index in [1.54, 1.807) is 6.20 Å². The number of carbonyl (C=O) groups is 1. The van der Waals surface area contributed by atoms with Gasteiger partial charge in [-0.2, -0.15) is 0 Å². The first-order valence-electron chi connectivity index (χ1n) is 6.49. The minimum Gasteiger partial charge on any atom is -0.494 e. The van der Waals surface area contributed by atoms with Gasteiger partial charge in [-0.1, -0.05) is 6.92 Å². The fraction of sp³-hybridized carbons (Fsp3) is 0.200. The number of aromatic nitrogens is 1. The third-order valence-electron chi connectivity index (χ3n) is 2.67. The van der Waals surface area contributed by atoms with Crippen LogP contribution in [-0.4, -0.2) is 22.7 Å². The van der Waals surface area contributed by atoms with Crippen LogP contribution in [0.1, 0.15) is 23.7 Å². The Morgan fingerprint density at radius 3 is 2.71 bits per heavy atom. The van der Waals surface area contributed by atoms with Crippen molar-refractivity contribution in [1.29, 1.82) is 0 Å². The number of carboxylic acids is 1. The van der Waals surface area contributed by atoms with Crippen molar-refractivity contribution in [2.45, 2.75) is 13.3 Å². The molecule has 0 aliphatic carbocycles. The number of hydrogen-bond acceptors (Lipinski definition) is 4. The number of benzene rings is 1. The molecule has 0 fully saturated rings. The Kier molecular flexibility index (Phi) is 5.16. The lowest BCUT2D eigenvalue weighted by atomic mass is 10.2. The number of ether oxygens (including phenoxy) is 1. The van der Waals surface area contributed by atoms with E-state index in [1.165, 1.54) is 6.07 Å². The van der Waals surface area contributed by atoms with Gasteiger partial charge in [0.05, 0.1) is 6.61 Å². The van der Waals surface area contributed by atoms with Crippen LogP contribution in [0.5, 0.6) is 5.75 Å². The van der Waals surface area contributed by atoms with Crippen molar-refractivity contribution in [3.63, 3.8) is 0 Å². The van der Waals surface area contributed by atoms with Crippen LogP contribution in [0.25, 0.3) is 0 Å². The Morgan fingerprint density at radius 1 is 1.38 bits per heavy atom. The molecule has 0 unspecified atom stereocenters. The van der Waals surface area contributed by atoms with Crippen LogP contribution in [-0.2, 0) is 0 Å². The van der Waals surface area contributed by atoms with Crippen LogP contribution in [0.3, 0.4) is 0 Å². The first kappa shape index (κ1) is 15.3. The van der Waals surface area contributed by atoms with Crippen molar-refractivity contribution >= 4 is 33.4 Å². The number of aromatic carboxylic acids is 1. The zero-order chi connectivity index (χ0) is 15.2. The zero-order valence-electron chi connectivity index (χ0n) is 11.5. The van der Waals surface area contributed by atoms with E-state index in [-0.39, 0.29) is 5.56 Å². The highest BCUT2D eigenvalue weighted by atomic mass is 79.9. The molecular weight excluding hydrogens is 336 g/mol. The molecule has 0 saturated carbocycles. The second-order valence-corrected chi connectivity index (χ2v) is 5.27.